The largest absolute Gasteiger partial charge is 0.379 e. The summed E-state index contributed by atoms with van der Waals surface area (Å²) in [5.41, 5.74) is 3.82. The Hall–Kier alpha value is -2.55. The van der Waals surface area contributed by atoms with Gasteiger partial charge in [0.25, 0.3) is 5.91 Å². The molecule has 1 aromatic carbocycles. The summed E-state index contributed by atoms with van der Waals surface area (Å²) < 4.78 is 5.43. The van der Waals surface area contributed by atoms with Crippen molar-refractivity contribution in [3.05, 3.63) is 59.5 Å². The van der Waals surface area contributed by atoms with E-state index >= 15 is 0 Å². The summed E-state index contributed by atoms with van der Waals surface area (Å²) in [6.07, 6.45) is 5.74. The molecule has 7 nitrogen and oxygen atoms in total. The van der Waals surface area contributed by atoms with Gasteiger partial charge < -0.3 is 9.64 Å². The number of piperidine rings is 1. The van der Waals surface area contributed by atoms with Gasteiger partial charge in [-0.25, -0.2) is 9.97 Å². The Bertz CT molecular complexity index is 1150. The average molecular weight is 478 g/mol. The second kappa shape index (κ2) is 10.8. The molecule has 1 unspecified atom stereocenters. The first-order chi connectivity index (χ1) is 16.7. The third-order valence-electron chi connectivity index (χ3n) is 6.68. The van der Waals surface area contributed by atoms with Crippen molar-refractivity contribution in [2.75, 3.05) is 51.7 Å². The van der Waals surface area contributed by atoms with Crippen LogP contribution in [-0.4, -0.2) is 82.3 Å². The molecule has 178 valence electrons. The Morgan fingerprint density at radius 1 is 1.18 bits per heavy atom. The lowest BCUT2D eigenvalue weighted by Gasteiger charge is -2.33. The van der Waals surface area contributed by atoms with E-state index < -0.39 is 0 Å². The molecule has 1 amide bonds. The van der Waals surface area contributed by atoms with E-state index in [1.54, 1.807) is 18.0 Å². The van der Waals surface area contributed by atoms with Crippen LogP contribution >= 0.6 is 11.8 Å². The van der Waals surface area contributed by atoms with Crippen molar-refractivity contribution in [1.82, 2.24) is 24.8 Å². The molecule has 3 aromatic rings. The lowest BCUT2D eigenvalue weighted by Crippen LogP contribution is -2.39. The van der Waals surface area contributed by atoms with Crippen LogP contribution in [0.2, 0.25) is 0 Å². The van der Waals surface area contributed by atoms with Crippen LogP contribution in [0.4, 0.5) is 0 Å². The highest BCUT2D eigenvalue weighted by molar-refractivity contribution is 7.99. The predicted octanol–water partition coefficient (Wildman–Crippen LogP) is 3.78. The van der Waals surface area contributed by atoms with Gasteiger partial charge in [-0.15, -0.1) is 0 Å². The zero-order valence-corrected chi connectivity index (χ0v) is 20.5. The van der Waals surface area contributed by atoms with Gasteiger partial charge in [-0.2, -0.15) is 0 Å². The van der Waals surface area contributed by atoms with Gasteiger partial charge in [0, 0.05) is 67.7 Å². The minimum absolute atomic E-state index is 0.0854. The minimum atomic E-state index is 0.0854. The normalized spacial score (nSPS) is 19.4. The van der Waals surface area contributed by atoms with E-state index in [0.29, 0.717) is 6.54 Å². The van der Waals surface area contributed by atoms with E-state index in [9.17, 15) is 4.79 Å². The Kier molecular flexibility index (Phi) is 7.37. The lowest BCUT2D eigenvalue weighted by atomic mass is 9.92. The fourth-order valence-corrected chi connectivity index (χ4v) is 5.61. The predicted molar refractivity (Wildman–Crippen MR) is 134 cm³/mol. The molecule has 8 heteroatoms. The number of carbonyl (C=O) groups excluding carboxylic acids is 1. The molecular weight excluding hydrogens is 446 g/mol. The van der Waals surface area contributed by atoms with Gasteiger partial charge in [-0.3, -0.25) is 14.7 Å². The molecule has 2 aromatic heterocycles. The number of hydrogen-bond acceptors (Lipinski definition) is 7. The topological polar surface area (TPSA) is 71.5 Å². The SMILES string of the molecule is Cc1cnc(SCCN2CCOCC2)nc1C1CCCN(C(=O)c2ccc3ncccc3c2)C1. The number of amides is 1. The van der Waals surface area contributed by atoms with Crippen LogP contribution in [0.15, 0.2) is 47.9 Å². The maximum absolute atomic E-state index is 13.3. The number of fused-ring (bicyclic) bond motifs is 1. The number of rotatable bonds is 6. The molecule has 5 rings (SSSR count). The number of pyridine rings is 1. The number of hydrogen-bond donors (Lipinski definition) is 0. The summed E-state index contributed by atoms with van der Waals surface area (Å²) in [6.45, 7) is 8.22. The van der Waals surface area contributed by atoms with Crippen LogP contribution in [0, 0.1) is 6.92 Å². The third kappa shape index (κ3) is 5.40. The fourth-order valence-electron chi connectivity index (χ4n) is 4.79. The average Bonchev–Trinajstić information content (AvgIpc) is 2.89. The molecule has 2 saturated heterocycles. The van der Waals surface area contributed by atoms with E-state index in [2.05, 4.69) is 21.8 Å². The quantitative estimate of drug-likeness (QED) is 0.395. The summed E-state index contributed by atoms with van der Waals surface area (Å²) in [6, 6.07) is 9.68. The molecule has 1 atom stereocenters. The molecule has 2 aliphatic rings. The van der Waals surface area contributed by atoms with Gasteiger partial charge in [-0.1, -0.05) is 17.8 Å². The maximum atomic E-state index is 13.3. The number of nitrogens with zero attached hydrogens (tertiary/aromatic N) is 5. The van der Waals surface area contributed by atoms with Crippen LogP contribution in [0.25, 0.3) is 10.9 Å². The first kappa shape index (κ1) is 23.2. The second-order valence-electron chi connectivity index (χ2n) is 9.02. The van der Waals surface area contributed by atoms with Gasteiger partial charge in [0.1, 0.15) is 0 Å². The number of benzene rings is 1. The number of carbonyl (C=O) groups is 1. The van der Waals surface area contributed by atoms with Crippen LogP contribution in [0.5, 0.6) is 0 Å². The molecule has 0 aliphatic carbocycles. The van der Waals surface area contributed by atoms with Gasteiger partial charge >= 0.3 is 0 Å². The summed E-state index contributed by atoms with van der Waals surface area (Å²) in [5.74, 6) is 1.29. The highest BCUT2D eigenvalue weighted by Gasteiger charge is 2.28. The van der Waals surface area contributed by atoms with Gasteiger partial charge in [0.05, 0.1) is 24.4 Å². The van der Waals surface area contributed by atoms with Gasteiger partial charge in [-0.05, 0) is 49.6 Å². The Labute approximate surface area is 204 Å². The van der Waals surface area contributed by atoms with Crippen molar-refractivity contribution in [2.24, 2.45) is 0 Å². The number of thioether (sulfide) groups is 1. The fraction of sp³-hybridized carbons (Fsp3) is 0.462. The van der Waals surface area contributed by atoms with Crippen LogP contribution in [0.3, 0.4) is 0 Å². The first-order valence-electron chi connectivity index (χ1n) is 12.1. The third-order valence-corrected chi connectivity index (χ3v) is 7.52. The monoisotopic (exact) mass is 477 g/mol. The summed E-state index contributed by atoms with van der Waals surface area (Å²) >= 11 is 1.71. The Morgan fingerprint density at radius 3 is 2.94 bits per heavy atom. The molecule has 2 fully saturated rings. The molecular formula is C26H31N5O2S. The molecule has 2 aliphatic heterocycles. The standard InChI is InChI=1S/C26H31N5O2S/c1-19-17-28-26(34-15-12-30-10-13-33-14-11-30)29-24(19)22-5-3-9-31(18-22)25(32)21-6-7-23-20(16-21)4-2-8-27-23/h2,4,6-8,16-17,22H,3,5,9-15,18H2,1H3. The molecule has 0 saturated carbocycles. The van der Waals surface area contributed by atoms with E-state index in [0.717, 1.165) is 90.9 Å². The van der Waals surface area contributed by atoms with Crippen LogP contribution in [-0.2, 0) is 4.74 Å². The van der Waals surface area contributed by atoms with E-state index in [4.69, 9.17) is 9.72 Å². The van der Waals surface area contributed by atoms with Crippen molar-refractivity contribution >= 4 is 28.6 Å². The van der Waals surface area contributed by atoms with E-state index in [1.807, 2.05) is 41.4 Å². The van der Waals surface area contributed by atoms with Gasteiger partial charge in [0.15, 0.2) is 5.16 Å². The number of aromatic nitrogens is 3. The van der Waals surface area contributed by atoms with Crippen molar-refractivity contribution < 1.29 is 9.53 Å². The van der Waals surface area contributed by atoms with Crippen molar-refractivity contribution in [2.45, 2.75) is 30.8 Å². The zero-order valence-electron chi connectivity index (χ0n) is 19.7. The van der Waals surface area contributed by atoms with E-state index in [1.165, 1.54) is 0 Å². The van der Waals surface area contributed by atoms with Gasteiger partial charge in [0.2, 0.25) is 0 Å². The second-order valence-corrected chi connectivity index (χ2v) is 10.1. The summed E-state index contributed by atoms with van der Waals surface area (Å²) in [4.78, 5) is 31.6. The van der Waals surface area contributed by atoms with Crippen molar-refractivity contribution in [1.29, 1.82) is 0 Å². The molecule has 34 heavy (non-hydrogen) atoms. The number of aryl methyl sites for hydroxylation is 1. The van der Waals surface area contributed by atoms with Crippen molar-refractivity contribution in [3.8, 4) is 0 Å². The molecule has 0 spiro atoms. The van der Waals surface area contributed by atoms with Crippen LogP contribution in [0.1, 0.15) is 40.4 Å². The molecule has 4 heterocycles. The Morgan fingerprint density at radius 2 is 2.06 bits per heavy atom. The Balaban J connectivity index is 1.25. The summed E-state index contributed by atoms with van der Waals surface area (Å²) in [7, 11) is 0. The van der Waals surface area contributed by atoms with E-state index in [-0.39, 0.29) is 11.8 Å². The molecule has 0 bridgehead atoms. The maximum Gasteiger partial charge on any atom is 0.253 e. The number of ether oxygens (including phenoxy) is 1. The number of morpholine rings is 1. The first-order valence-corrected chi connectivity index (χ1v) is 13.1. The highest BCUT2D eigenvalue weighted by Crippen LogP contribution is 2.30. The lowest BCUT2D eigenvalue weighted by molar-refractivity contribution is 0.0410. The highest BCUT2D eigenvalue weighted by atomic mass is 32.2. The van der Waals surface area contributed by atoms with Crippen LogP contribution < -0.4 is 0 Å². The smallest absolute Gasteiger partial charge is 0.253 e. The van der Waals surface area contributed by atoms with Crippen molar-refractivity contribution in [3.63, 3.8) is 0 Å². The molecule has 0 radical (unpaired) electrons. The minimum Gasteiger partial charge on any atom is -0.379 e. The molecule has 0 N–H and O–H groups in total. The number of likely N-dealkylation sites (tertiary alicyclic amines) is 1. The zero-order chi connectivity index (χ0) is 23.3. The summed E-state index contributed by atoms with van der Waals surface area (Å²) in [5, 5.41) is 1.83.